The summed E-state index contributed by atoms with van der Waals surface area (Å²) in [7, 11) is 1.60. The molecule has 88 valence electrons. The standard InChI is InChI=1S/C12H17NO3/c1-6-5-9(16-4)7(2)8(3)10(6)11(13)12(14)15/h5,11H,13H2,1-4H3,(H,14,15)/t11-/m0/s1. The van der Waals surface area contributed by atoms with Crippen LogP contribution in [-0.4, -0.2) is 18.2 Å². The summed E-state index contributed by atoms with van der Waals surface area (Å²) in [6.45, 7) is 5.60. The van der Waals surface area contributed by atoms with Crippen molar-refractivity contribution >= 4 is 5.97 Å². The van der Waals surface area contributed by atoms with Gasteiger partial charge in [-0.1, -0.05) is 0 Å². The Morgan fingerprint density at radius 1 is 1.38 bits per heavy atom. The molecule has 3 N–H and O–H groups in total. The van der Waals surface area contributed by atoms with Gasteiger partial charge in [-0.2, -0.15) is 0 Å². The van der Waals surface area contributed by atoms with E-state index in [1.807, 2.05) is 26.8 Å². The normalized spacial score (nSPS) is 12.3. The number of nitrogens with two attached hydrogens (primary N) is 1. The number of methoxy groups -OCH3 is 1. The van der Waals surface area contributed by atoms with Gasteiger partial charge < -0.3 is 15.6 Å². The van der Waals surface area contributed by atoms with Crippen LogP contribution in [-0.2, 0) is 4.79 Å². The topological polar surface area (TPSA) is 72.5 Å². The second-order valence-electron chi connectivity index (χ2n) is 3.88. The number of carboxylic acid groups (broad SMARTS) is 1. The molecule has 0 fully saturated rings. The maximum atomic E-state index is 10.9. The molecule has 0 aliphatic rings. The summed E-state index contributed by atoms with van der Waals surface area (Å²) >= 11 is 0. The van der Waals surface area contributed by atoms with Gasteiger partial charge in [-0.3, -0.25) is 4.79 Å². The summed E-state index contributed by atoms with van der Waals surface area (Å²) in [6.07, 6.45) is 0. The molecule has 0 unspecified atom stereocenters. The minimum atomic E-state index is -1.02. The first-order chi connectivity index (χ1) is 7.40. The van der Waals surface area contributed by atoms with E-state index in [1.54, 1.807) is 7.11 Å². The first-order valence-electron chi connectivity index (χ1n) is 5.03. The Morgan fingerprint density at radius 3 is 2.38 bits per heavy atom. The predicted molar refractivity (Wildman–Crippen MR) is 61.8 cm³/mol. The summed E-state index contributed by atoms with van der Waals surface area (Å²) in [5.74, 6) is -0.257. The number of carboxylic acids is 1. The van der Waals surface area contributed by atoms with E-state index in [0.29, 0.717) is 5.56 Å². The Hall–Kier alpha value is -1.55. The van der Waals surface area contributed by atoms with E-state index in [2.05, 4.69) is 0 Å². The molecule has 0 aliphatic carbocycles. The van der Waals surface area contributed by atoms with Crippen molar-refractivity contribution in [1.82, 2.24) is 0 Å². The molecule has 1 atom stereocenters. The number of hydrogen-bond donors (Lipinski definition) is 2. The summed E-state index contributed by atoms with van der Waals surface area (Å²) in [6, 6.07) is 0.838. The molecule has 0 aromatic heterocycles. The monoisotopic (exact) mass is 223 g/mol. The van der Waals surface area contributed by atoms with Crippen molar-refractivity contribution in [2.24, 2.45) is 5.73 Å². The van der Waals surface area contributed by atoms with Gasteiger partial charge in [0.15, 0.2) is 0 Å². The lowest BCUT2D eigenvalue weighted by Crippen LogP contribution is -2.23. The highest BCUT2D eigenvalue weighted by molar-refractivity contribution is 5.77. The minimum absolute atomic E-state index is 0.672. The molecule has 0 spiro atoms. The number of ether oxygens (including phenoxy) is 1. The third-order valence-electron chi connectivity index (χ3n) is 2.91. The number of hydrogen-bond acceptors (Lipinski definition) is 3. The van der Waals surface area contributed by atoms with Crippen molar-refractivity contribution in [1.29, 1.82) is 0 Å². The van der Waals surface area contributed by atoms with E-state index in [-0.39, 0.29) is 0 Å². The average molecular weight is 223 g/mol. The van der Waals surface area contributed by atoms with Crippen molar-refractivity contribution in [3.8, 4) is 5.75 Å². The maximum absolute atomic E-state index is 10.9. The summed E-state index contributed by atoms with van der Waals surface area (Å²) < 4.78 is 5.21. The van der Waals surface area contributed by atoms with Crippen LogP contribution in [0.5, 0.6) is 5.75 Å². The lowest BCUT2D eigenvalue weighted by molar-refractivity contribution is -0.138. The second-order valence-corrected chi connectivity index (χ2v) is 3.88. The summed E-state index contributed by atoms with van der Waals surface area (Å²) in [5, 5.41) is 8.95. The van der Waals surface area contributed by atoms with E-state index in [4.69, 9.17) is 15.6 Å². The van der Waals surface area contributed by atoms with Crippen LogP contribution in [0.3, 0.4) is 0 Å². The SMILES string of the molecule is COc1cc(C)c([C@H](N)C(=O)O)c(C)c1C. The van der Waals surface area contributed by atoms with Crippen LogP contribution in [0.1, 0.15) is 28.3 Å². The zero-order valence-corrected chi connectivity index (χ0v) is 10.00. The van der Waals surface area contributed by atoms with Crippen LogP contribution in [0.2, 0.25) is 0 Å². The van der Waals surface area contributed by atoms with Crippen LogP contribution in [0.25, 0.3) is 0 Å². The van der Waals surface area contributed by atoms with E-state index >= 15 is 0 Å². The van der Waals surface area contributed by atoms with Crippen LogP contribution >= 0.6 is 0 Å². The molecule has 0 radical (unpaired) electrons. The van der Waals surface area contributed by atoms with Crippen molar-refractivity contribution in [2.45, 2.75) is 26.8 Å². The molecular weight excluding hydrogens is 206 g/mol. The second kappa shape index (κ2) is 4.53. The number of benzene rings is 1. The molecule has 0 amide bonds. The third-order valence-corrected chi connectivity index (χ3v) is 2.91. The quantitative estimate of drug-likeness (QED) is 0.818. The maximum Gasteiger partial charge on any atom is 0.325 e. The van der Waals surface area contributed by atoms with Gasteiger partial charge in [-0.25, -0.2) is 0 Å². The van der Waals surface area contributed by atoms with Gasteiger partial charge in [0.25, 0.3) is 0 Å². The van der Waals surface area contributed by atoms with Crippen LogP contribution in [0, 0.1) is 20.8 Å². The molecule has 4 heteroatoms. The highest BCUT2D eigenvalue weighted by atomic mass is 16.5. The first-order valence-corrected chi connectivity index (χ1v) is 5.03. The van der Waals surface area contributed by atoms with Gasteiger partial charge in [0.1, 0.15) is 11.8 Å². The smallest absolute Gasteiger partial charge is 0.325 e. The van der Waals surface area contributed by atoms with Gasteiger partial charge in [-0.05, 0) is 49.1 Å². The molecule has 1 aromatic carbocycles. The van der Waals surface area contributed by atoms with Crippen LogP contribution in [0.4, 0.5) is 0 Å². The summed E-state index contributed by atoms with van der Waals surface area (Å²) in [4.78, 5) is 10.9. The molecule has 0 saturated heterocycles. The highest BCUT2D eigenvalue weighted by Crippen LogP contribution is 2.30. The fourth-order valence-electron chi connectivity index (χ4n) is 1.88. The first kappa shape index (κ1) is 12.5. The van der Waals surface area contributed by atoms with Gasteiger partial charge in [-0.15, -0.1) is 0 Å². The van der Waals surface area contributed by atoms with Gasteiger partial charge in [0.05, 0.1) is 7.11 Å². The molecule has 0 bridgehead atoms. The zero-order valence-electron chi connectivity index (χ0n) is 10.00. The Kier molecular flexibility index (Phi) is 3.55. The van der Waals surface area contributed by atoms with Gasteiger partial charge in [0.2, 0.25) is 0 Å². The molecule has 1 rings (SSSR count). The van der Waals surface area contributed by atoms with Crippen LogP contribution in [0.15, 0.2) is 6.07 Å². The fraction of sp³-hybridized carbons (Fsp3) is 0.417. The predicted octanol–water partition coefficient (Wildman–Crippen LogP) is 1.70. The molecule has 1 aromatic rings. The number of carbonyl (C=O) groups is 1. The van der Waals surface area contributed by atoms with Crippen molar-refractivity contribution in [3.63, 3.8) is 0 Å². The molecule has 16 heavy (non-hydrogen) atoms. The van der Waals surface area contributed by atoms with Gasteiger partial charge >= 0.3 is 5.97 Å². The third kappa shape index (κ3) is 2.02. The molecule has 0 heterocycles. The number of rotatable bonds is 3. The van der Waals surface area contributed by atoms with E-state index < -0.39 is 12.0 Å². The molecule has 0 saturated carbocycles. The number of aryl methyl sites for hydroxylation is 1. The van der Waals surface area contributed by atoms with Gasteiger partial charge in [0, 0.05) is 0 Å². The highest BCUT2D eigenvalue weighted by Gasteiger charge is 2.21. The Balaban J connectivity index is 3.41. The van der Waals surface area contributed by atoms with Crippen molar-refractivity contribution in [2.75, 3.05) is 7.11 Å². The summed E-state index contributed by atoms with van der Waals surface area (Å²) in [5.41, 5.74) is 8.99. The van der Waals surface area contributed by atoms with Crippen molar-refractivity contribution in [3.05, 3.63) is 28.3 Å². The Labute approximate surface area is 95.0 Å². The Bertz CT molecular complexity index is 427. The molecular formula is C12H17NO3. The molecule has 0 aliphatic heterocycles. The lowest BCUT2D eigenvalue weighted by Gasteiger charge is -2.18. The van der Waals surface area contributed by atoms with E-state index in [9.17, 15) is 4.79 Å². The fourth-order valence-corrected chi connectivity index (χ4v) is 1.88. The van der Waals surface area contributed by atoms with E-state index in [0.717, 1.165) is 22.4 Å². The Morgan fingerprint density at radius 2 is 1.94 bits per heavy atom. The van der Waals surface area contributed by atoms with Crippen LogP contribution < -0.4 is 10.5 Å². The average Bonchev–Trinajstić information content (AvgIpc) is 2.23. The minimum Gasteiger partial charge on any atom is -0.496 e. The lowest BCUT2D eigenvalue weighted by atomic mass is 9.92. The number of aliphatic carboxylic acids is 1. The molecule has 4 nitrogen and oxygen atoms in total. The largest absolute Gasteiger partial charge is 0.496 e. The van der Waals surface area contributed by atoms with Crippen molar-refractivity contribution < 1.29 is 14.6 Å². The van der Waals surface area contributed by atoms with E-state index in [1.165, 1.54) is 0 Å². The zero-order chi connectivity index (χ0) is 12.5.